The molecule has 1 saturated carbocycles. The Hall–Kier alpha value is -0.820. The second-order valence-electron chi connectivity index (χ2n) is 8.46. The van der Waals surface area contributed by atoms with Gasteiger partial charge in [0.15, 0.2) is 0 Å². The largest absolute Gasteiger partial charge is 0.312 e. The molecule has 1 unspecified atom stereocenters. The normalized spacial score (nSPS) is 23.7. The summed E-state index contributed by atoms with van der Waals surface area (Å²) in [6, 6.07) is 0. The third-order valence-corrected chi connectivity index (χ3v) is 5.75. The maximum Gasteiger partial charge on any atom is 0.0151 e. The molecule has 1 heteroatoms. The molecule has 0 spiro atoms. The highest BCUT2D eigenvalue weighted by Crippen LogP contribution is 2.28. The van der Waals surface area contributed by atoms with Crippen LogP contribution in [0.25, 0.3) is 0 Å². The Morgan fingerprint density at radius 2 is 1.65 bits per heavy atom. The molecular weight excluding hydrogens is 314 g/mol. The van der Waals surface area contributed by atoms with Gasteiger partial charge in [0, 0.05) is 5.54 Å². The minimum Gasteiger partial charge on any atom is -0.312 e. The van der Waals surface area contributed by atoms with Gasteiger partial charge in [-0.3, -0.25) is 0 Å². The van der Waals surface area contributed by atoms with Crippen LogP contribution in [0, 0.1) is 0 Å². The summed E-state index contributed by atoms with van der Waals surface area (Å²) >= 11 is 0. The molecule has 2 rings (SSSR count). The van der Waals surface area contributed by atoms with Crippen molar-refractivity contribution in [2.24, 2.45) is 0 Å². The summed E-state index contributed by atoms with van der Waals surface area (Å²) < 4.78 is 0. The van der Waals surface area contributed by atoms with E-state index in [1.54, 1.807) is 0 Å². The highest BCUT2D eigenvalue weighted by atomic mass is 15.0. The number of rotatable bonds is 4. The number of unbranched alkanes of at least 4 members (excludes halogenated alkanes) is 2. The van der Waals surface area contributed by atoms with Gasteiger partial charge in [-0.1, -0.05) is 69.4 Å². The molecule has 0 amide bonds. The van der Waals surface area contributed by atoms with E-state index < -0.39 is 0 Å². The van der Waals surface area contributed by atoms with Gasteiger partial charge in [-0.05, 0) is 84.8 Å². The zero-order chi connectivity index (χ0) is 20.0. The van der Waals surface area contributed by atoms with Crippen LogP contribution >= 0.6 is 0 Å². The van der Waals surface area contributed by atoms with Crippen molar-refractivity contribution < 1.29 is 0 Å². The third kappa shape index (κ3) is 11.0. The van der Waals surface area contributed by atoms with Gasteiger partial charge in [0.25, 0.3) is 0 Å². The first-order valence-corrected chi connectivity index (χ1v) is 11.1. The van der Waals surface area contributed by atoms with Gasteiger partial charge in [-0.15, -0.1) is 0 Å². The lowest BCUT2D eigenvalue weighted by Gasteiger charge is -2.21. The Morgan fingerprint density at radius 1 is 1.04 bits per heavy atom. The molecule has 1 N–H and O–H groups in total. The van der Waals surface area contributed by atoms with Crippen molar-refractivity contribution in [2.75, 3.05) is 6.54 Å². The van der Waals surface area contributed by atoms with Crippen molar-refractivity contribution >= 4 is 0 Å². The number of allylic oxidation sites excluding steroid dienone is 5. The highest BCUT2D eigenvalue weighted by molar-refractivity contribution is 5.37. The van der Waals surface area contributed by atoms with Gasteiger partial charge in [-0.2, -0.15) is 0 Å². The van der Waals surface area contributed by atoms with E-state index in [4.69, 9.17) is 0 Å². The van der Waals surface area contributed by atoms with Crippen LogP contribution in [-0.4, -0.2) is 12.1 Å². The molecule has 1 saturated heterocycles. The van der Waals surface area contributed by atoms with E-state index in [9.17, 15) is 0 Å². The first-order chi connectivity index (χ1) is 12.3. The van der Waals surface area contributed by atoms with Crippen molar-refractivity contribution in [3.05, 3.63) is 34.9 Å². The Balaban J connectivity index is 0.000000409. The Kier molecular flexibility index (Phi) is 13.8. The fraction of sp³-hybridized carbons (Fsp3) is 0.760. The molecule has 0 bridgehead atoms. The standard InChI is InChI=1S/C13H20.C7H15N.C5H12/c1-10(2)12(4)9-13-8-6-5-7-11(13)3;1-3-7(2)5-4-6-8-7;1-3-5-4-2/h9H,3,5-8H2,1-2,4H3;8H,3-6H2,1-2H3;3-5H2,1-2H3/b13-9-;;. The number of hydrogen-bond donors (Lipinski definition) is 1. The molecule has 2 aliphatic rings. The summed E-state index contributed by atoms with van der Waals surface area (Å²) in [4.78, 5) is 0. The van der Waals surface area contributed by atoms with E-state index in [0.717, 1.165) is 0 Å². The van der Waals surface area contributed by atoms with Gasteiger partial charge in [0.2, 0.25) is 0 Å². The van der Waals surface area contributed by atoms with Gasteiger partial charge in [-0.25, -0.2) is 0 Å². The molecule has 0 radical (unpaired) electrons. The minimum atomic E-state index is 0.486. The molecule has 1 nitrogen and oxygen atoms in total. The quantitative estimate of drug-likeness (QED) is 0.533. The van der Waals surface area contributed by atoms with Crippen LogP contribution in [0.1, 0.15) is 113 Å². The molecule has 1 heterocycles. The summed E-state index contributed by atoms with van der Waals surface area (Å²) in [5.41, 5.74) is 6.13. The smallest absolute Gasteiger partial charge is 0.0151 e. The van der Waals surface area contributed by atoms with E-state index in [1.807, 2.05) is 0 Å². The number of hydrogen-bond acceptors (Lipinski definition) is 1. The van der Waals surface area contributed by atoms with E-state index in [2.05, 4.69) is 66.4 Å². The molecule has 0 aromatic rings. The molecule has 152 valence electrons. The van der Waals surface area contributed by atoms with Crippen molar-refractivity contribution in [1.82, 2.24) is 5.32 Å². The lowest BCUT2D eigenvalue weighted by Crippen LogP contribution is -2.34. The van der Waals surface area contributed by atoms with Crippen molar-refractivity contribution in [1.29, 1.82) is 0 Å². The van der Waals surface area contributed by atoms with Crippen LogP contribution in [0.3, 0.4) is 0 Å². The second kappa shape index (κ2) is 14.3. The van der Waals surface area contributed by atoms with E-state index >= 15 is 0 Å². The van der Waals surface area contributed by atoms with Crippen molar-refractivity contribution in [2.45, 2.75) is 118 Å². The van der Waals surface area contributed by atoms with Crippen LogP contribution in [-0.2, 0) is 0 Å². The Morgan fingerprint density at radius 3 is 2.00 bits per heavy atom. The van der Waals surface area contributed by atoms with Crippen LogP contribution in [0.5, 0.6) is 0 Å². The van der Waals surface area contributed by atoms with Gasteiger partial charge < -0.3 is 5.32 Å². The molecular formula is C25H47N. The van der Waals surface area contributed by atoms with Crippen LogP contribution < -0.4 is 5.32 Å². The molecule has 2 fully saturated rings. The van der Waals surface area contributed by atoms with Crippen LogP contribution in [0.15, 0.2) is 34.9 Å². The molecule has 26 heavy (non-hydrogen) atoms. The summed E-state index contributed by atoms with van der Waals surface area (Å²) in [6.45, 7) is 20.8. The summed E-state index contributed by atoms with van der Waals surface area (Å²) in [5, 5.41) is 3.48. The van der Waals surface area contributed by atoms with E-state index in [1.165, 1.54) is 93.0 Å². The van der Waals surface area contributed by atoms with E-state index in [-0.39, 0.29) is 0 Å². The van der Waals surface area contributed by atoms with E-state index in [0.29, 0.717) is 5.54 Å². The summed E-state index contributed by atoms with van der Waals surface area (Å²) in [6.07, 6.45) is 15.5. The third-order valence-electron chi connectivity index (χ3n) is 5.75. The zero-order valence-electron chi connectivity index (χ0n) is 19.1. The maximum atomic E-state index is 4.12. The molecule has 0 aromatic carbocycles. The first kappa shape index (κ1) is 25.2. The summed E-state index contributed by atoms with van der Waals surface area (Å²) in [7, 11) is 0. The highest BCUT2D eigenvalue weighted by Gasteiger charge is 2.24. The van der Waals surface area contributed by atoms with Crippen molar-refractivity contribution in [3.63, 3.8) is 0 Å². The van der Waals surface area contributed by atoms with Crippen molar-refractivity contribution in [3.8, 4) is 0 Å². The minimum absolute atomic E-state index is 0.486. The monoisotopic (exact) mass is 361 g/mol. The first-order valence-electron chi connectivity index (χ1n) is 11.1. The lowest BCUT2D eigenvalue weighted by atomic mass is 9.89. The predicted molar refractivity (Wildman–Crippen MR) is 121 cm³/mol. The fourth-order valence-electron chi connectivity index (χ4n) is 3.18. The lowest BCUT2D eigenvalue weighted by molar-refractivity contribution is 0.401. The molecule has 1 atom stereocenters. The Bertz CT molecular complexity index is 441. The predicted octanol–water partition coefficient (Wildman–Crippen LogP) is 8.13. The SMILES string of the molecule is C=C1CCCC/C1=C/C(C)=C(C)C.CCC1(C)CCCN1.CCCCC. The van der Waals surface area contributed by atoms with Gasteiger partial charge >= 0.3 is 0 Å². The van der Waals surface area contributed by atoms with Crippen LogP contribution in [0.4, 0.5) is 0 Å². The fourth-order valence-corrected chi connectivity index (χ4v) is 3.18. The molecule has 1 aliphatic heterocycles. The Labute approximate surface area is 165 Å². The molecule has 0 aromatic heterocycles. The number of nitrogens with one attached hydrogen (secondary N) is 1. The topological polar surface area (TPSA) is 12.0 Å². The zero-order valence-corrected chi connectivity index (χ0v) is 19.1. The molecule has 1 aliphatic carbocycles. The summed E-state index contributed by atoms with van der Waals surface area (Å²) in [5.74, 6) is 0. The maximum absolute atomic E-state index is 4.12. The average Bonchev–Trinajstić information content (AvgIpc) is 3.06. The van der Waals surface area contributed by atoms with Crippen LogP contribution in [0.2, 0.25) is 0 Å². The van der Waals surface area contributed by atoms with Gasteiger partial charge in [0.05, 0.1) is 0 Å². The average molecular weight is 362 g/mol. The second-order valence-corrected chi connectivity index (χ2v) is 8.46. The van der Waals surface area contributed by atoms with Gasteiger partial charge in [0.1, 0.15) is 0 Å².